The van der Waals surface area contributed by atoms with Gasteiger partial charge in [0.1, 0.15) is 0 Å². The molecule has 2 heterocycles. The second kappa shape index (κ2) is 10.9. The van der Waals surface area contributed by atoms with Crippen LogP contribution in [0.3, 0.4) is 0 Å². The third-order valence-corrected chi connectivity index (χ3v) is 7.61. The molecular weight excluding hydrogens is 492 g/mol. The minimum atomic E-state index is 0.0986. The normalized spacial score (nSPS) is 14.5. The van der Waals surface area contributed by atoms with Crippen LogP contribution in [0.2, 0.25) is 0 Å². The van der Waals surface area contributed by atoms with Gasteiger partial charge in [-0.2, -0.15) is 0 Å². The summed E-state index contributed by atoms with van der Waals surface area (Å²) in [4.78, 5) is 4.82. The number of hydrogen-bond acceptors (Lipinski definition) is 5. The van der Waals surface area contributed by atoms with Crippen molar-refractivity contribution in [3.63, 3.8) is 0 Å². The maximum atomic E-state index is 11.2. The molecule has 4 aromatic rings. The number of piperazine rings is 1. The fourth-order valence-corrected chi connectivity index (χ4v) is 5.18. The highest BCUT2D eigenvalue weighted by atomic mass is 32.1. The SMILES string of the molecule is Cc1ccc(C)c(N2CCN(Cn3c(O)c(N=NC(=S)Nc4cccc(C)c4C)c4ccccc43)CC2)c1. The van der Waals surface area contributed by atoms with Crippen molar-refractivity contribution in [1.29, 1.82) is 0 Å². The number of nitrogens with zero attached hydrogens (tertiary/aromatic N) is 5. The van der Waals surface area contributed by atoms with Gasteiger partial charge in [0.15, 0.2) is 5.69 Å². The summed E-state index contributed by atoms with van der Waals surface area (Å²) in [6, 6.07) is 20.5. The van der Waals surface area contributed by atoms with Gasteiger partial charge in [0.25, 0.3) is 0 Å². The third kappa shape index (κ3) is 5.28. The molecule has 1 aliphatic rings. The highest BCUT2D eigenvalue weighted by Gasteiger charge is 2.22. The van der Waals surface area contributed by atoms with Crippen LogP contribution in [0, 0.1) is 27.7 Å². The highest BCUT2D eigenvalue weighted by Crippen LogP contribution is 2.39. The molecule has 0 bridgehead atoms. The molecule has 196 valence electrons. The topological polar surface area (TPSA) is 68.4 Å². The second-order valence-corrected chi connectivity index (χ2v) is 10.4. The summed E-state index contributed by atoms with van der Waals surface area (Å²) >= 11 is 5.44. The zero-order chi connectivity index (χ0) is 26.8. The number of rotatable bonds is 5. The first-order valence-corrected chi connectivity index (χ1v) is 13.4. The number of nitrogens with one attached hydrogen (secondary N) is 1. The first-order chi connectivity index (χ1) is 18.3. The second-order valence-electron chi connectivity index (χ2n) is 10.0. The zero-order valence-corrected chi connectivity index (χ0v) is 23.2. The Morgan fingerprint density at radius 3 is 2.47 bits per heavy atom. The Kier molecular flexibility index (Phi) is 7.44. The Labute approximate surface area is 229 Å². The maximum Gasteiger partial charge on any atom is 0.221 e. The smallest absolute Gasteiger partial charge is 0.221 e. The van der Waals surface area contributed by atoms with E-state index in [-0.39, 0.29) is 11.0 Å². The summed E-state index contributed by atoms with van der Waals surface area (Å²) in [5.74, 6) is 0.0986. The number of aromatic nitrogens is 1. The average molecular weight is 527 g/mol. The van der Waals surface area contributed by atoms with Crippen LogP contribution in [0.25, 0.3) is 10.9 Å². The van der Waals surface area contributed by atoms with E-state index in [2.05, 4.69) is 70.4 Å². The van der Waals surface area contributed by atoms with Gasteiger partial charge >= 0.3 is 0 Å². The standard InChI is InChI=1S/C30H34N6OS/c1-20-12-13-22(3)27(18-20)35-16-14-34(15-17-35)19-36-26-11-6-5-9-24(26)28(29(36)37)32-33-30(38)31-25-10-7-8-21(2)23(25)4/h5-13,18,37H,14-17,19H2,1-4H3,(H,31,38). The molecule has 0 amide bonds. The Morgan fingerprint density at radius 2 is 1.68 bits per heavy atom. The van der Waals surface area contributed by atoms with E-state index in [1.807, 2.05) is 47.9 Å². The van der Waals surface area contributed by atoms with Crippen LogP contribution in [-0.4, -0.2) is 45.9 Å². The minimum Gasteiger partial charge on any atom is -0.493 e. The number of hydrogen-bond donors (Lipinski definition) is 2. The van der Waals surface area contributed by atoms with Gasteiger partial charge in [0, 0.05) is 42.9 Å². The lowest BCUT2D eigenvalue weighted by molar-refractivity contribution is 0.200. The monoisotopic (exact) mass is 526 g/mol. The molecule has 1 aliphatic heterocycles. The molecule has 0 spiro atoms. The van der Waals surface area contributed by atoms with Crippen LogP contribution in [-0.2, 0) is 6.67 Å². The third-order valence-electron chi connectivity index (χ3n) is 7.42. The van der Waals surface area contributed by atoms with E-state index in [1.54, 1.807) is 0 Å². The van der Waals surface area contributed by atoms with E-state index < -0.39 is 0 Å². The number of anilines is 2. The maximum absolute atomic E-state index is 11.2. The van der Waals surface area contributed by atoms with Crippen molar-refractivity contribution in [3.05, 3.63) is 82.9 Å². The molecule has 0 unspecified atom stereocenters. The van der Waals surface area contributed by atoms with Gasteiger partial charge in [-0.3, -0.25) is 9.47 Å². The first-order valence-electron chi connectivity index (χ1n) is 13.0. The molecule has 2 N–H and O–H groups in total. The zero-order valence-electron chi connectivity index (χ0n) is 22.4. The van der Waals surface area contributed by atoms with Crippen LogP contribution in [0.5, 0.6) is 5.88 Å². The molecule has 7 nitrogen and oxygen atoms in total. The fraction of sp³-hybridized carbons (Fsp3) is 0.300. The lowest BCUT2D eigenvalue weighted by Gasteiger charge is -2.37. The van der Waals surface area contributed by atoms with Crippen LogP contribution in [0.1, 0.15) is 22.3 Å². The van der Waals surface area contributed by atoms with Crippen molar-refractivity contribution in [3.8, 4) is 5.88 Å². The Bertz CT molecular complexity index is 1520. The molecule has 1 aromatic heterocycles. The predicted molar refractivity (Wildman–Crippen MR) is 160 cm³/mol. The van der Waals surface area contributed by atoms with E-state index in [0.29, 0.717) is 12.4 Å². The quantitative estimate of drug-likeness (QED) is 0.220. The summed E-state index contributed by atoms with van der Waals surface area (Å²) in [7, 11) is 0. The Morgan fingerprint density at radius 1 is 0.921 bits per heavy atom. The first kappa shape index (κ1) is 25.9. The van der Waals surface area contributed by atoms with Gasteiger partial charge < -0.3 is 15.3 Å². The molecule has 0 radical (unpaired) electrons. The molecule has 1 fully saturated rings. The van der Waals surface area contributed by atoms with E-state index in [0.717, 1.165) is 48.3 Å². The lowest BCUT2D eigenvalue weighted by Crippen LogP contribution is -2.47. The molecule has 0 saturated carbocycles. The van der Waals surface area contributed by atoms with Crippen LogP contribution in [0.15, 0.2) is 70.9 Å². The van der Waals surface area contributed by atoms with Crippen LogP contribution >= 0.6 is 12.2 Å². The van der Waals surface area contributed by atoms with Gasteiger partial charge in [-0.1, -0.05) is 42.5 Å². The average Bonchev–Trinajstić information content (AvgIpc) is 3.18. The molecule has 3 aromatic carbocycles. The van der Waals surface area contributed by atoms with E-state index in [1.165, 1.54) is 22.4 Å². The van der Waals surface area contributed by atoms with Gasteiger partial charge in [-0.05, 0) is 80.4 Å². The van der Waals surface area contributed by atoms with Gasteiger partial charge in [-0.25, -0.2) is 0 Å². The van der Waals surface area contributed by atoms with E-state index >= 15 is 0 Å². The fourth-order valence-electron chi connectivity index (χ4n) is 5.03. The number of aryl methyl sites for hydroxylation is 3. The Balaban J connectivity index is 1.32. The summed E-state index contributed by atoms with van der Waals surface area (Å²) in [6.07, 6.45) is 0. The summed E-state index contributed by atoms with van der Waals surface area (Å²) < 4.78 is 1.92. The van der Waals surface area contributed by atoms with Gasteiger partial charge in [-0.15, -0.1) is 10.2 Å². The Hall–Kier alpha value is -3.75. The summed E-state index contributed by atoms with van der Waals surface area (Å²) in [5, 5.41) is 24.1. The van der Waals surface area contributed by atoms with Gasteiger partial charge in [0.05, 0.1) is 12.2 Å². The summed E-state index contributed by atoms with van der Waals surface area (Å²) in [6.45, 7) is 12.7. The number of thiocarbonyl (C=S) groups is 1. The minimum absolute atomic E-state index is 0.0986. The number of benzene rings is 3. The molecule has 38 heavy (non-hydrogen) atoms. The number of azo groups is 1. The largest absolute Gasteiger partial charge is 0.493 e. The molecule has 5 rings (SSSR count). The van der Waals surface area contributed by atoms with Crippen molar-refractivity contribution in [1.82, 2.24) is 9.47 Å². The van der Waals surface area contributed by atoms with Crippen molar-refractivity contribution < 1.29 is 5.11 Å². The molecule has 1 saturated heterocycles. The van der Waals surface area contributed by atoms with E-state index in [9.17, 15) is 5.11 Å². The highest BCUT2D eigenvalue weighted by molar-refractivity contribution is 7.80. The summed E-state index contributed by atoms with van der Waals surface area (Å²) in [5.41, 5.74) is 8.43. The van der Waals surface area contributed by atoms with E-state index in [4.69, 9.17) is 12.2 Å². The lowest BCUT2D eigenvalue weighted by atomic mass is 10.1. The van der Waals surface area contributed by atoms with Crippen LogP contribution < -0.4 is 10.2 Å². The van der Waals surface area contributed by atoms with Crippen molar-refractivity contribution in [2.75, 3.05) is 36.4 Å². The molecular formula is C30H34N6OS. The van der Waals surface area contributed by atoms with Crippen molar-refractivity contribution in [2.24, 2.45) is 10.2 Å². The predicted octanol–water partition coefficient (Wildman–Crippen LogP) is 6.84. The molecule has 8 heteroatoms. The van der Waals surface area contributed by atoms with Crippen LogP contribution in [0.4, 0.5) is 17.1 Å². The molecule has 0 atom stereocenters. The number of para-hydroxylation sites is 1. The van der Waals surface area contributed by atoms with Crippen molar-refractivity contribution in [2.45, 2.75) is 34.4 Å². The van der Waals surface area contributed by atoms with Crippen molar-refractivity contribution >= 4 is 45.3 Å². The number of fused-ring (bicyclic) bond motifs is 1. The van der Waals surface area contributed by atoms with Gasteiger partial charge in [0.2, 0.25) is 11.0 Å². The number of aromatic hydroxyl groups is 1. The molecule has 0 aliphatic carbocycles.